The van der Waals surface area contributed by atoms with E-state index in [9.17, 15) is 0 Å². The van der Waals surface area contributed by atoms with Crippen molar-refractivity contribution in [3.8, 4) is 0 Å². The summed E-state index contributed by atoms with van der Waals surface area (Å²) in [6.45, 7) is 0. The zero-order chi connectivity index (χ0) is 17.9. The van der Waals surface area contributed by atoms with E-state index in [-0.39, 0.29) is 0 Å². The van der Waals surface area contributed by atoms with Crippen molar-refractivity contribution in [3.63, 3.8) is 0 Å². The fraction of sp³-hybridized carbons (Fsp3) is 0.0455. The molecule has 0 saturated heterocycles. The molecule has 0 saturated carbocycles. The quantitative estimate of drug-likeness (QED) is 0.505. The van der Waals surface area contributed by atoms with Crippen LogP contribution in [0.4, 0.5) is 0 Å². The Hall–Kier alpha value is -2.41. The molecule has 1 heterocycles. The summed E-state index contributed by atoms with van der Waals surface area (Å²) in [7, 11) is 0. The second kappa shape index (κ2) is 6.72. The predicted molar refractivity (Wildman–Crippen MR) is 113 cm³/mol. The molecule has 0 spiro atoms. The fourth-order valence-electron chi connectivity index (χ4n) is 3.63. The van der Waals surface area contributed by atoms with Crippen molar-refractivity contribution in [1.82, 2.24) is 10.2 Å². The van der Waals surface area contributed by atoms with E-state index in [1.165, 1.54) is 0 Å². The third kappa shape index (κ3) is 2.67. The van der Waals surface area contributed by atoms with E-state index >= 15 is 0 Å². The molecule has 130 valence electrons. The van der Waals surface area contributed by atoms with Gasteiger partial charge in [0.1, 0.15) is 0 Å². The summed E-state index contributed by atoms with van der Waals surface area (Å²) in [6, 6.07) is 33.4. The monoisotopic (exact) mass is 378 g/mol. The van der Waals surface area contributed by atoms with Crippen LogP contribution in [-0.2, 0) is 6.16 Å². The number of halogens is 1. The number of benzene rings is 3. The summed E-state index contributed by atoms with van der Waals surface area (Å²) in [5.74, 6) is -3.24. The van der Waals surface area contributed by atoms with Crippen molar-refractivity contribution >= 4 is 33.1 Å². The van der Waals surface area contributed by atoms with E-state index in [0.29, 0.717) is 6.16 Å². The van der Waals surface area contributed by atoms with E-state index in [2.05, 4.69) is 83.0 Å². The van der Waals surface area contributed by atoms with Gasteiger partial charge in [0.2, 0.25) is 0 Å². The third-order valence-electron chi connectivity index (χ3n) is 4.91. The molecule has 0 amide bonds. The zero-order valence-corrected chi connectivity index (χ0v) is 15.9. The number of aromatic amines is 1. The van der Waals surface area contributed by atoms with Gasteiger partial charge in [-0.15, -0.1) is 0 Å². The van der Waals surface area contributed by atoms with E-state index in [0.717, 1.165) is 21.6 Å². The number of H-pyrrole nitrogens is 1. The minimum absolute atomic E-state index is 0.686. The number of hydrogen-bond donors (Lipinski definition) is 1. The summed E-state index contributed by atoms with van der Waals surface area (Å²) in [6.07, 6.45) is 2.47. The molecule has 0 aliphatic heterocycles. The van der Waals surface area contributed by atoms with Gasteiger partial charge in [0.25, 0.3) is 0 Å². The molecule has 0 fully saturated rings. The Morgan fingerprint density at radius 2 is 1.08 bits per heavy atom. The maximum atomic E-state index is 7.95. The molecule has 0 atom stereocenters. The first kappa shape index (κ1) is 17.0. The van der Waals surface area contributed by atoms with Gasteiger partial charge >= 0.3 is 158 Å². The molecule has 0 aliphatic rings. The van der Waals surface area contributed by atoms with Gasteiger partial charge in [-0.3, -0.25) is 0 Å². The van der Waals surface area contributed by atoms with Crippen molar-refractivity contribution in [2.24, 2.45) is 0 Å². The Morgan fingerprint density at radius 3 is 1.42 bits per heavy atom. The molecule has 26 heavy (non-hydrogen) atoms. The van der Waals surface area contributed by atoms with Gasteiger partial charge in [-0.2, -0.15) is 0 Å². The van der Waals surface area contributed by atoms with Crippen LogP contribution in [0, 0.1) is 0 Å². The Balaban J connectivity index is 2.10. The Morgan fingerprint density at radius 1 is 0.654 bits per heavy atom. The van der Waals surface area contributed by atoms with E-state index in [1.54, 1.807) is 6.20 Å². The third-order valence-corrected chi connectivity index (χ3v) is 12.1. The SMILES string of the molecule is ClP(Cc1ccn[nH]1)(c1ccccc1)(c1ccccc1)c1ccccc1. The number of aromatic nitrogens is 2. The molecule has 4 rings (SSSR count). The van der Waals surface area contributed by atoms with Gasteiger partial charge in [0.15, 0.2) is 0 Å². The summed E-state index contributed by atoms with van der Waals surface area (Å²) < 4.78 is 0. The van der Waals surface area contributed by atoms with E-state index in [4.69, 9.17) is 11.2 Å². The van der Waals surface area contributed by atoms with Gasteiger partial charge < -0.3 is 0 Å². The van der Waals surface area contributed by atoms with Crippen LogP contribution >= 0.6 is 17.2 Å². The summed E-state index contributed by atoms with van der Waals surface area (Å²) >= 11 is 7.95. The maximum absolute atomic E-state index is 7.95. The van der Waals surface area contributed by atoms with Gasteiger partial charge in [-0.05, 0) is 0 Å². The van der Waals surface area contributed by atoms with Gasteiger partial charge in [-0.25, -0.2) is 0 Å². The normalized spacial score (nSPS) is 13.0. The molecular weight excluding hydrogens is 359 g/mol. The van der Waals surface area contributed by atoms with Crippen molar-refractivity contribution in [3.05, 3.63) is 109 Å². The van der Waals surface area contributed by atoms with Gasteiger partial charge in [0.05, 0.1) is 0 Å². The van der Waals surface area contributed by atoms with Crippen LogP contribution in [0.1, 0.15) is 5.69 Å². The average Bonchev–Trinajstić information content (AvgIpc) is 3.23. The molecule has 4 aromatic rings. The number of nitrogens with one attached hydrogen (secondary N) is 1. The second-order valence-corrected chi connectivity index (χ2v) is 12.9. The molecule has 0 unspecified atom stereocenters. The average molecular weight is 379 g/mol. The molecular formula is C22H20ClN2P. The standard InChI is InChI=1S/C22H20ClN2P/c23-26(18-19-16-17-24-25-19,20-10-4-1-5-11-20,21-12-6-2-7-13-21)22-14-8-3-9-15-22/h1-17H,18H2,(H,24,25). The van der Waals surface area contributed by atoms with Crippen LogP contribution in [0.3, 0.4) is 0 Å². The van der Waals surface area contributed by atoms with Crippen LogP contribution in [0.5, 0.6) is 0 Å². The second-order valence-electron chi connectivity index (χ2n) is 6.43. The summed E-state index contributed by atoms with van der Waals surface area (Å²) in [5.41, 5.74) is 1.04. The number of rotatable bonds is 5. The topological polar surface area (TPSA) is 28.7 Å². The zero-order valence-electron chi connectivity index (χ0n) is 14.3. The first-order chi connectivity index (χ1) is 12.7. The molecule has 4 heteroatoms. The van der Waals surface area contributed by atoms with Crippen LogP contribution in [0.2, 0.25) is 0 Å². The molecule has 0 aliphatic carbocycles. The van der Waals surface area contributed by atoms with E-state index < -0.39 is 5.96 Å². The van der Waals surface area contributed by atoms with Crippen LogP contribution in [-0.4, -0.2) is 10.2 Å². The predicted octanol–water partition coefficient (Wildman–Crippen LogP) is 4.59. The van der Waals surface area contributed by atoms with Crippen molar-refractivity contribution in [2.75, 3.05) is 0 Å². The Bertz CT molecular complexity index is 871. The number of nitrogens with zero attached hydrogens (tertiary/aromatic N) is 1. The van der Waals surface area contributed by atoms with E-state index in [1.807, 2.05) is 24.3 Å². The molecule has 0 radical (unpaired) electrons. The molecule has 0 bridgehead atoms. The van der Waals surface area contributed by atoms with Crippen molar-refractivity contribution < 1.29 is 0 Å². The molecule has 3 aromatic carbocycles. The molecule has 1 aromatic heterocycles. The van der Waals surface area contributed by atoms with Gasteiger partial charge in [0, 0.05) is 0 Å². The number of hydrogen-bond acceptors (Lipinski definition) is 1. The van der Waals surface area contributed by atoms with Crippen LogP contribution in [0.15, 0.2) is 103 Å². The Kier molecular flexibility index (Phi) is 4.40. The van der Waals surface area contributed by atoms with Crippen molar-refractivity contribution in [1.29, 1.82) is 0 Å². The fourth-order valence-corrected chi connectivity index (χ4v) is 9.67. The summed E-state index contributed by atoms with van der Waals surface area (Å²) in [5, 5.41) is 10.8. The summed E-state index contributed by atoms with van der Waals surface area (Å²) in [4.78, 5) is 0. The molecule has 1 N–H and O–H groups in total. The molecule has 2 nitrogen and oxygen atoms in total. The van der Waals surface area contributed by atoms with Crippen LogP contribution < -0.4 is 15.9 Å². The van der Waals surface area contributed by atoms with Gasteiger partial charge in [-0.1, -0.05) is 0 Å². The Labute approximate surface area is 158 Å². The minimum atomic E-state index is -3.24. The first-order valence-corrected chi connectivity index (χ1v) is 11.9. The van der Waals surface area contributed by atoms with Crippen LogP contribution in [0.25, 0.3) is 0 Å². The first-order valence-electron chi connectivity index (χ1n) is 8.60. The van der Waals surface area contributed by atoms with Crippen molar-refractivity contribution in [2.45, 2.75) is 6.16 Å².